The van der Waals surface area contributed by atoms with Crippen LogP contribution < -0.4 is 0 Å². The minimum atomic E-state index is -0.736. The first-order valence-corrected chi connectivity index (χ1v) is 7.59. The second kappa shape index (κ2) is 6.12. The molecule has 0 radical (unpaired) electrons. The molecule has 0 aromatic heterocycles. The van der Waals surface area contributed by atoms with Crippen LogP contribution in [0.2, 0.25) is 0 Å². The van der Waals surface area contributed by atoms with E-state index in [1.807, 2.05) is 4.90 Å². The third-order valence-electron chi connectivity index (χ3n) is 4.66. The van der Waals surface area contributed by atoms with Crippen LogP contribution in [-0.2, 0) is 9.59 Å². The van der Waals surface area contributed by atoms with Gasteiger partial charge in [-0.1, -0.05) is 20.8 Å². The maximum absolute atomic E-state index is 12.3. The van der Waals surface area contributed by atoms with Crippen LogP contribution in [0.4, 0.5) is 0 Å². The molecule has 3 atom stereocenters. The van der Waals surface area contributed by atoms with Gasteiger partial charge in [-0.15, -0.1) is 0 Å². The van der Waals surface area contributed by atoms with Crippen molar-refractivity contribution in [1.82, 2.24) is 9.80 Å². The molecule has 2 aliphatic heterocycles. The van der Waals surface area contributed by atoms with Gasteiger partial charge in [-0.3, -0.25) is 14.5 Å². The first-order valence-electron chi connectivity index (χ1n) is 7.59. The number of nitrogens with zero attached hydrogens (tertiary/aromatic N) is 2. The molecule has 5 heteroatoms. The third kappa shape index (κ3) is 3.51. The zero-order valence-electron chi connectivity index (χ0n) is 12.7. The normalized spacial score (nSPS) is 29.9. The van der Waals surface area contributed by atoms with Crippen LogP contribution in [0.15, 0.2) is 0 Å². The fraction of sp³-hybridized carbons (Fsp3) is 0.867. The molecule has 2 aliphatic rings. The van der Waals surface area contributed by atoms with Crippen LogP contribution in [0, 0.1) is 23.7 Å². The van der Waals surface area contributed by atoms with Crippen molar-refractivity contribution in [2.75, 3.05) is 32.7 Å². The van der Waals surface area contributed by atoms with E-state index in [1.54, 1.807) is 6.92 Å². The van der Waals surface area contributed by atoms with E-state index in [9.17, 15) is 9.59 Å². The SMILES string of the molecule is CC1CC(C)CN(C(=O)CN2CC(C(C)C(=O)O)C2)C1. The first kappa shape index (κ1) is 15.3. The summed E-state index contributed by atoms with van der Waals surface area (Å²) in [5.41, 5.74) is 0. The van der Waals surface area contributed by atoms with Crippen molar-refractivity contribution in [3.63, 3.8) is 0 Å². The van der Waals surface area contributed by atoms with Crippen LogP contribution in [0.3, 0.4) is 0 Å². The summed E-state index contributed by atoms with van der Waals surface area (Å²) >= 11 is 0. The molecule has 2 heterocycles. The van der Waals surface area contributed by atoms with E-state index >= 15 is 0 Å². The highest BCUT2D eigenvalue weighted by Gasteiger charge is 2.36. The number of amides is 1. The van der Waals surface area contributed by atoms with Crippen LogP contribution in [0.25, 0.3) is 0 Å². The van der Waals surface area contributed by atoms with Crippen LogP contribution in [-0.4, -0.2) is 59.5 Å². The molecule has 1 N–H and O–H groups in total. The number of hydrogen-bond donors (Lipinski definition) is 1. The Balaban J connectivity index is 1.75. The summed E-state index contributed by atoms with van der Waals surface area (Å²) in [7, 11) is 0. The van der Waals surface area contributed by atoms with Crippen molar-refractivity contribution in [1.29, 1.82) is 0 Å². The molecule has 0 bridgehead atoms. The Bertz CT molecular complexity index is 369. The lowest BCUT2D eigenvalue weighted by atomic mass is 9.87. The van der Waals surface area contributed by atoms with E-state index in [0.29, 0.717) is 18.4 Å². The predicted octanol–water partition coefficient (Wildman–Crippen LogP) is 1.14. The fourth-order valence-corrected chi connectivity index (χ4v) is 3.41. The largest absolute Gasteiger partial charge is 0.481 e. The van der Waals surface area contributed by atoms with Gasteiger partial charge in [0, 0.05) is 26.2 Å². The summed E-state index contributed by atoms with van der Waals surface area (Å²) in [5, 5.41) is 8.95. The molecule has 0 aliphatic carbocycles. The van der Waals surface area contributed by atoms with Gasteiger partial charge in [0.2, 0.25) is 5.91 Å². The van der Waals surface area contributed by atoms with Crippen molar-refractivity contribution in [2.24, 2.45) is 23.7 Å². The van der Waals surface area contributed by atoms with E-state index < -0.39 is 5.97 Å². The molecule has 1 amide bonds. The summed E-state index contributed by atoms with van der Waals surface area (Å²) in [5.74, 6) is 0.512. The third-order valence-corrected chi connectivity index (χ3v) is 4.66. The Morgan fingerprint density at radius 2 is 1.70 bits per heavy atom. The average Bonchev–Trinajstić information content (AvgIpc) is 2.30. The van der Waals surface area contributed by atoms with Crippen LogP contribution in [0.1, 0.15) is 27.2 Å². The van der Waals surface area contributed by atoms with Gasteiger partial charge in [-0.05, 0) is 24.2 Å². The fourth-order valence-electron chi connectivity index (χ4n) is 3.41. The molecular weight excluding hydrogens is 256 g/mol. The molecule has 3 unspecified atom stereocenters. The van der Waals surface area contributed by atoms with Gasteiger partial charge in [-0.2, -0.15) is 0 Å². The molecular formula is C15H26N2O3. The minimum Gasteiger partial charge on any atom is -0.481 e. The van der Waals surface area contributed by atoms with E-state index in [0.717, 1.165) is 26.2 Å². The van der Waals surface area contributed by atoms with Crippen molar-refractivity contribution in [3.05, 3.63) is 0 Å². The Kier molecular flexibility index (Phi) is 4.68. The summed E-state index contributed by atoms with van der Waals surface area (Å²) < 4.78 is 0. The average molecular weight is 282 g/mol. The van der Waals surface area contributed by atoms with Crippen molar-refractivity contribution in [2.45, 2.75) is 27.2 Å². The summed E-state index contributed by atoms with van der Waals surface area (Å²) in [6.07, 6.45) is 1.20. The molecule has 114 valence electrons. The molecule has 5 nitrogen and oxygen atoms in total. The summed E-state index contributed by atoms with van der Waals surface area (Å²) in [4.78, 5) is 27.2. The Morgan fingerprint density at radius 3 is 2.20 bits per heavy atom. The Labute approximate surface area is 120 Å². The number of carbonyl (C=O) groups excluding carboxylic acids is 1. The van der Waals surface area contributed by atoms with Gasteiger partial charge in [0.15, 0.2) is 0 Å². The Hall–Kier alpha value is -1.10. The van der Waals surface area contributed by atoms with Crippen molar-refractivity contribution in [3.8, 4) is 0 Å². The number of aliphatic carboxylic acids is 1. The lowest BCUT2D eigenvalue weighted by Crippen LogP contribution is -2.55. The molecule has 0 aromatic carbocycles. The standard InChI is InChI=1S/C15H26N2O3/c1-10-4-11(2)6-17(5-10)14(18)9-16-7-13(8-16)12(3)15(19)20/h10-13H,4-9H2,1-3H3,(H,19,20). The van der Waals surface area contributed by atoms with Gasteiger partial charge >= 0.3 is 5.97 Å². The Morgan fingerprint density at radius 1 is 1.15 bits per heavy atom. The molecule has 0 saturated carbocycles. The first-order chi connectivity index (χ1) is 9.36. The van der Waals surface area contributed by atoms with Crippen LogP contribution in [0.5, 0.6) is 0 Å². The minimum absolute atomic E-state index is 0.194. The number of carbonyl (C=O) groups is 2. The van der Waals surface area contributed by atoms with E-state index in [-0.39, 0.29) is 17.7 Å². The number of rotatable bonds is 4. The molecule has 2 saturated heterocycles. The highest BCUT2D eigenvalue weighted by Crippen LogP contribution is 2.25. The van der Waals surface area contributed by atoms with E-state index in [4.69, 9.17) is 5.11 Å². The number of carboxylic acid groups (broad SMARTS) is 1. The smallest absolute Gasteiger partial charge is 0.306 e. The number of hydrogen-bond acceptors (Lipinski definition) is 3. The zero-order chi connectivity index (χ0) is 14.9. The predicted molar refractivity (Wildman–Crippen MR) is 76.3 cm³/mol. The maximum Gasteiger partial charge on any atom is 0.306 e. The van der Waals surface area contributed by atoms with Gasteiger partial charge in [0.05, 0.1) is 12.5 Å². The zero-order valence-corrected chi connectivity index (χ0v) is 12.7. The maximum atomic E-state index is 12.3. The molecule has 2 rings (SSSR count). The van der Waals surface area contributed by atoms with E-state index in [2.05, 4.69) is 18.7 Å². The topological polar surface area (TPSA) is 60.9 Å². The van der Waals surface area contributed by atoms with Crippen molar-refractivity contribution >= 4 is 11.9 Å². The van der Waals surface area contributed by atoms with Gasteiger partial charge < -0.3 is 10.0 Å². The summed E-state index contributed by atoms with van der Waals surface area (Å²) in [6, 6.07) is 0. The van der Waals surface area contributed by atoms with Gasteiger partial charge in [-0.25, -0.2) is 0 Å². The molecule has 2 fully saturated rings. The second-order valence-electron chi connectivity index (χ2n) is 6.83. The monoisotopic (exact) mass is 282 g/mol. The molecule has 20 heavy (non-hydrogen) atoms. The molecule has 0 spiro atoms. The van der Waals surface area contributed by atoms with Gasteiger partial charge in [0.25, 0.3) is 0 Å². The molecule has 0 aromatic rings. The second-order valence-corrected chi connectivity index (χ2v) is 6.83. The highest BCUT2D eigenvalue weighted by atomic mass is 16.4. The number of likely N-dealkylation sites (tertiary alicyclic amines) is 2. The van der Waals surface area contributed by atoms with Gasteiger partial charge in [0.1, 0.15) is 0 Å². The quantitative estimate of drug-likeness (QED) is 0.840. The van der Waals surface area contributed by atoms with Crippen LogP contribution >= 0.6 is 0 Å². The number of piperidine rings is 1. The van der Waals surface area contributed by atoms with E-state index in [1.165, 1.54) is 6.42 Å². The highest BCUT2D eigenvalue weighted by molar-refractivity contribution is 5.78. The number of carboxylic acids is 1. The summed E-state index contributed by atoms with van der Waals surface area (Å²) in [6.45, 7) is 9.80. The van der Waals surface area contributed by atoms with Crippen molar-refractivity contribution < 1.29 is 14.7 Å². The lowest BCUT2D eigenvalue weighted by molar-refractivity contribution is -0.146. The lowest BCUT2D eigenvalue weighted by Gasteiger charge is -2.42.